The molecule has 0 unspecified atom stereocenters. The number of likely N-dealkylation sites (N-methyl/N-ethyl adjacent to an activating group) is 2. The molecule has 0 fully saturated rings. The van der Waals surface area contributed by atoms with E-state index in [0.717, 1.165) is 6.54 Å². The number of hydrogen-bond acceptors (Lipinski definition) is 3. The summed E-state index contributed by atoms with van der Waals surface area (Å²) in [6, 6.07) is 0. The molecule has 4 nitrogen and oxygen atoms in total. The Morgan fingerprint density at radius 3 is 2.42 bits per heavy atom. The van der Waals surface area contributed by atoms with E-state index in [0.29, 0.717) is 13.1 Å². The van der Waals surface area contributed by atoms with Crippen molar-refractivity contribution in [1.82, 2.24) is 9.80 Å². The molecule has 0 saturated heterocycles. The zero-order chi connectivity index (χ0) is 9.56. The molecule has 1 amide bonds. The van der Waals surface area contributed by atoms with Gasteiger partial charge in [-0.3, -0.25) is 9.69 Å². The number of amides is 1. The molecular formula is C8H18N2O2. The molecule has 0 aromatic heterocycles. The van der Waals surface area contributed by atoms with Crippen LogP contribution in [0.1, 0.15) is 6.92 Å². The number of hydrogen-bond donors (Lipinski definition) is 1. The van der Waals surface area contributed by atoms with E-state index >= 15 is 0 Å². The summed E-state index contributed by atoms with van der Waals surface area (Å²) >= 11 is 0. The fourth-order valence-electron chi connectivity index (χ4n) is 0.778. The summed E-state index contributed by atoms with van der Waals surface area (Å²) in [5.41, 5.74) is 0. The first kappa shape index (κ1) is 11.4. The maximum atomic E-state index is 11.3. The zero-order valence-corrected chi connectivity index (χ0v) is 8.08. The molecule has 0 aliphatic carbocycles. The van der Waals surface area contributed by atoms with Crippen LogP contribution in [0.5, 0.6) is 0 Å². The fourth-order valence-corrected chi connectivity index (χ4v) is 0.778. The Morgan fingerprint density at radius 2 is 2.00 bits per heavy atom. The van der Waals surface area contributed by atoms with E-state index in [1.807, 2.05) is 14.0 Å². The van der Waals surface area contributed by atoms with Gasteiger partial charge in [0.2, 0.25) is 5.91 Å². The van der Waals surface area contributed by atoms with Crippen LogP contribution in [-0.4, -0.2) is 61.2 Å². The van der Waals surface area contributed by atoms with Crippen LogP contribution in [0, 0.1) is 0 Å². The van der Waals surface area contributed by atoms with Crippen molar-refractivity contribution in [2.75, 3.05) is 40.3 Å². The van der Waals surface area contributed by atoms with Gasteiger partial charge in [-0.2, -0.15) is 0 Å². The van der Waals surface area contributed by atoms with E-state index in [-0.39, 0.29) is 12.5 Å². The molecule has 0 heterocycles. The van der Waals surface area contributed by atoms with E-state index in [4.69, 9.17) is 5.11 Å². The maximum Gasteiger partial charge on any atom is 0.236 e. The minimum Gasteiger partial charge on any atom is -0.395 e. The van der Waals surface area contributed by atoms with Crippen LogP contribution >= 0.6 is 0 Å². The summed E-state index contributed by atoms with van der Waals surface area (Å²) in [7, 11) is 3.59. The minimum absolute atomic E-state index is 0.0912. The fraction of sp³-hybridized carbons (Fsp3) is 0.875. The Hall–Kier alpha value is -0.610. The Morgan fingerprint density at radius 1 is 1.42 bits per heavy atom. The standard InChI is InChI=1S/C8H18N2O2/c1-4-10(3)8(12)7-9(2)5-6-11/h11H,4-7H2,1-3H3. The van der Waals surface area contributed by atoms with Crippen LogP contribution in [0.4, 0.5) is 0 Å². The summed E-state index contributed by atoms with van der Waals surface area (Å²) in [5.74, 6) is 0.0912. The average molecular weight is 174 g/mol. The monoisotopic (exact) mass is 174 g/mol. The third-order valence-corrected chi connectivity index (χ3v) is 1.79. The first-order chi connectivity index (χ1) is 5.61. The number of aliphatic hydroxyl groups is 1. The zero-order valence-electron chi connectivity index (χ0n) is 8.08. The summed E-state index contributed by atoms with van der Waals surface area (Å²) in [5, 5.41) is 8.58. The molecule has 4 heteroatoms. The predicted molar refractivity (Wildman–Crippen MR) is 47.9 cm³/mol. The highest BCUT2D eigenvalue weighted by Crippen LogP contribution is 1.87. The van der Waals surface area contributed by atoms with Crippen LogP contribution in [0.2, 0.25) is 0 Å². The molecule has 0 radical (unpaired) electrons. The third-order valence-electron chi connectivity index (χ3n) is 1.79. The third kappa shape index (κ3) is 4.31. The van der Waals surface area contributed by atoms with Crippen LogP contribution in [0.15, 0.2) is 0 Å². The Balaban J connectivity index is 3.67. The van der Waals surface area contributed by atoms with Crippen molar-refractivity contribution in [3.8, 4) is 0 Å². The molecule has 72 valence electrons. The van der Waals surface area contributed by atoms with Crippen molar-refractivity contribution in [3.05, 3.63) is 0 Å². The van der Waals surface area contributed by atoms with Crippen LogP contribution in [-0.2, 0) is 4.79 Å². The van der Waals surface area contributed by atoms with E-state index in [1.165, 1.54) is 0 Å². The summed E-state index contributed by atoms with van der Waals surface area (Å²) in [6.45, 7) is 3.68. The lowest BCUT2D eigenvalue weighted by Gasteiger charge is -2.19. The maximum absolute atomic E-state index is 11.3. The van der Waals surface area contributed by atoms with Gasteiger partial charge in [-0.1, -0.05) is 0 Å². The molecule has 0 spiro atoms. The van der Waals surface area contributed by atoms with Gasteiger partial charge in [0.15, 0.2) is 0 Å². The highest BCUT2D eigenvalue weighted by Gasteiger charge is 2.08. The molecule has 0 bridgehead atoms. The first-order valence-corrected chi connectivity index (χ1v) is 4.15. The Kier molecular flexibility index (Phi) is 5.66. The summed E-state index contributed by atoms with van der Waals surface area (Å²) < 4.78 is 0. The molecule has 12 heavy (non-hydrogen) atoms. The van der Waals surface area contributed by atoms with Gasteiger partial charge in [0, 0.05) is 20.1 Å². The second kappa shape index (κ2) is 5.97. The lowest BCUT2D eigenvalue weighted by atomic mass is 10.4. The Labute approximate surface area is 73.8 Å². The van der Waals surface area contributed by atoms with Crippen LogP contribution < -0.4 is 0 Å². The van der Waals surface area contributed by atoms with Crippen molar-refractivity contribution in [2.45, 2.75) is 6.92 Å². The van der Waals surface area contributed by atoms with Gasteiger partial charge in [-0.25, -0.2) is 0 Å². The van der Waals surface area contributed by atoms with Gasteiger partial charge in [0.25, 0.3) is 0 Å². The van der Waals surface area contributed by atoms with Gasteiger partial charge in [0.1, 0.15) is 0 Å². The first-order valence-electron chi connectivity index (χ1n) is 4.15. The van der Waals surface area contributed by atoms with Crippen LogP contribution in [0.25, 0.3) is 0 Å². The Bertz CT molecular complexity index is 139. The van der Waals surface area contributed by atoms with Crippen molar-refractivity contribution in [3.63, 3.8) is 0 Å². The molecule has 0 rings (SSSR count). The number of aliphatic hydroxyl groups excluding tert-OH is 1. The second-order valence-electron chi connectivity index (χ2n) is 2.87. The predicted octanol–water partition coefficient (Wildman–Crippen LogP) is -0.611. The smallest absolute Gasteiger partial charge is 0.236 e. The molecule has 0 saturated carbocycles. The highest BCUT2D eigenvalue weighted by atomic mass is 16.3. The number of rotatable bonds is 5. The molecule has 1 N–H and O–H groups in total. The lowest BCUT2D eigenvalue weighted by Crippen LogP contribution is -2.37. The van der Waals surface area contributed by atoms with Crippen molar-refractivity contribution < 1.29 is 9.90 Å². The molecule has 0 atom stereocenters. The van der Waals surface area contributed by atoms with E-state index in [2.05, 4.69) is 0 Å². The number of carbonyl (C=O) groups excluding carboxylic acids is 1. The van der Waals surface area contributed by atoms with Crippen molar-refractivity contribution >= 4 is 5.91 Å². The van der Waals surface area contributed by atoms with Crippen LogP contribution in [0.3, 0.4) is 0 Å². The normalized spacial score (nSPS) is 10.4. The average Bonchev–Trinajstić information content (AvgIpc) is 2.03. The van der Waals surface area contributed by atoms with E-state index in [1.54, 1.807) is 16.8 Å². The summed E-state index contributed by atoms with van der Waals surface area (Å²) in [4.78, 5) is 14.7. The highest BCUT2D eigenvalue weighted by molar-refractivity contribution is 5.77. The minimum atomic E-state index is 0.0912. The lowest BCUT2D eigenvalue weighted by molar-refractivity contribution is -0.130. The van der Waals surface area contributed by atoms with Crippen molar-refractivity contribution in [1.29, 1.82) is 0 Å². The van der Waals surface area contributed by atoms with Crippen molar-refractivity contribution in [2.24, 2.45) is 0 Å². The topological polar surface area (TPSA) is 43.8 Å². The molecule has 0 aromatic rings. The second-order valence-corrected chi connectivity index (χ2v) is 2.87. The van der Waals surface area contributed by atoms with Gasteiger partial charge in [-0.05, 0) is 14.0 Å². The number of nitrogens with zero attached hydrogens (tertiary/aromatic N) is 2. The molecule has 0 aromatic carbocycles. The van der Waals surface area contributed by atoms with Gasteiger partial charge in [-0.15, -0.1) is 0 Å². The van der Waals surface area contributed by atoms with Gasteiger partial charge in [0.05, 0.1) is 13.2 Å². The molecule has 0 aliphatic heterocycles. The molecular weight excluding hydrogens is 156 g/mol. The SMILES string of the molecule is CCN(C)C(=O)CN(C)CCO. The van der Waals surface area contributed by atoms with E-state index in [9.17, 15) is 4.79 Å². The summed E-state index contributed by atoms with van der Waals surface area (Å²) in [6.07, 6.45) is 0. The molecule has 0 aliphatic rings. The van der Waals surface area contributed by atoms with Gasteiger partial charge < -0.3 is 10.0 Å². The van der Waals surface area contributed by atoms with Gasteiger partial charge >= 0.3 is 0 Å². The van der Waals surface area contributed by atoms with E-state index < -0.39 is 0 Å². The largest absolute Gasteiger partial charge is 0.395 e. The number of carbonyl (C=O) groups is 1. The quantitative estimate of drug-likeness (QED) is 0.604.